The van der Waals surface area contributed by atoms with Gasteiger partial charge in [-0.15, -0.1) is 0 Å². The van der Waals surface area contributed by atoms with E-state index in [0.717, 1.165) is 11.3 Å². The fourth-order valence-electron chi connectivity index (χ4n) is 1.95. The summed E-state index contributed by atoms with van der Waals surface area (Å²) in [6.07, 6.45) is 0. The molecule has 0 aliphatic heterocycles. The lowest BCUT2D eigenvalue weighted by Gasteiger charge is -2.06. The summed E-state index contributed by atoms with van der Waals surface area (Å²) in [5.41, 5.74) is 2.38. The van der Waals surface area contributed by atoms with Crippen molar-refractivity contribution < 1.29 is 5.11 Å². The van der Waals surface area contributed by atoms with Crippen LogP contribution in [0.3, 0.4) is 0 Å². The molecule has 3 nitrogen and oxygen atoms in total. The molecule has 0 atom stereocenters. The minimum atomic E-state index is 0.0192. The monoisotopic (exact) mass is 316 g/mol. The van der Waals surface area contributed by atoms with E-state index in [0.29, 0.717) is 16.5 Å². The normalized spacial score (nSPS) is 10.6. The van der Waals surface area contributed by atoms with Crippen molar-refractivity contribution in [1.29, 1.82) is 0 Å². The van der Waals surface area contributed by atoms with Gasteiger partial charge >= 0.3 is 0 Å². The lowest BCUT2D eigenvalue weighted by molar-refractivity contribution is 0.475. The van der Waals surface area contributed by atoms with Crippen molar-refractivity contribution in [3.05, 3.63) is 64.8 Å². The summed E-state index contributed by atoms with van der Waals surface area (Å²) < 4.78 is 0. The van der Waals surface area contributed by atoms with Crippen molar-refractivity contribution in [3.63, 3.8) is 0 Å². The van der Waals surface area contributed by atoms with Crippen LogP contribution in [0, 0.1) is 0 Å². The maximum absolute atomic E-state index is 9.48. The zero-order chi connectivity index (χ0) is 14.8. The Hall–Kier alpha value is -2.10. The van der Waals surface area contributed by atoms with Gasteiger partial charge in [0.2, 0.25) is 0 Å². The molecule has 0 aliphatic rings. The summed E-state index contributed by atoms with van der Waals surface area (Å²) in [5, 5.41) is 10.1. The van der Waals surface area contributed by atoms with Crippen LogP contribution in [0.15, 0.2) is 54.6 Å². The third-order valence-corrected chi connectivity index (χ3v) is 3.47. The van der Waals surface area contributed by atoms with Crippen LogP contribution >= 0.6 is 23.2 Å². The SMILES string of the molecule is Oc1ccc(-c2nc(Cl)cc(-c3ccccc3)n2)cc1Cl. The van der Waals surface area contributed by atoms with Gasteiger partial charge in [0.25, 0.3) is 0 Å². The van der Waals surface area contributed by atoms with E-state index in [9.17, 15) is 5.11 Å². The summed E-state index contributed by atoms with van der Waals surface area (Å²) in [6, 6.07) is 16.2. The molecule has 0 saturated carbocycles. The van der Waals surface area contributed by atoms with E-state index in [2.05, 4.69) is 9.97 Å². The lowest BCUT2D eigenvalue weighted by Crippen LogP contribution is -1.93. The van der Waals surface area contributed by atoms with Gasteiger partial charge in [-0.3, -0.25) is 0 Å². The standard InChI is InChI=1S/C16H10Cl2N2O/c17-12-8-11(6-7-14(12)21)16-19-13(9-15(18)20-16)10-4-2-1-3-5-10/h1-9,21H. The first-order valence-corrected chi connectivity index (χ1v) is 6.98. The Morgan fingerprint density at radius 2 is 1.57 bits per heavy atom. The number of nitrogens with zero attached hydrogens (tertiary/aromatic N) is 2. The highest BCUT2D eigenvalue weighted by atomic mass is 35.5. The zero-order valence-corrected chi connectivity index (χ0v) is 12.3. The smallest absolute Gasteiger partial charge is 0.161 e. The number of aromatic hydroxyl groups is 1. The van der Waals surface area contributed by atoms with E-state index in [1.54, 1.807) is 18.2 Å². The van der Waals surface area contributed by atoms with Gasteiger partial charge in [-0.05, 0) is 18.2 Å². The average molecular weight is 317 g/mol. The van der Waals surface area contributed by atoms with Gasteiger partial charge in [-0.1, -0.05) is 53.5 Å². The van der Waals surface area contributed by atoms with Crippen LogP contribution in [0.5, 0.6) is 5.75 Å². The van der Waals surface area contributed by atoms with Crippen molar-refractivity contribution in [1.82, 2.24) is 9.97 Å². The molecule has 0 unspecified atom stereocenters. The molecule has 5 heteroatoms. The molecule has 1 N–H and O–H groups in total. The van der Waals surface area contributed by atoms with Gasteiger partial charge in [0, 0.05) is 17.2 Å². The molecule has 3 rings (SSSR count). The molecule has 104 valence electrons. The number of benzene rings is 2. The number of halogens is 2. The van der Waals surface area contributed by atoms with Crippen LogP contribution in [0.1, 0.15) is 0 Å². The predicted octanol–water partition coefficient (Wildman–Crippen LogP) is 4.82. The van der Waals surface area contributed by atoms with Gasteiger partial charge in [0.15, 0.2) is 5.82 Å². The Kier molecular flexibility index (Phi) is 3.78. The Bertz CT molecular complexity index is 792. The van der Waals surface area contributed by atoms with Crippen molar-refractivity contribution in [2.24, 2.45) is 0 Å². The Labute approximate surface area is 131 Å². The molecule has 0 radical (unpaired) electrons. The van der Waals surface area contributed by atoms with Crippen LogP contribution in [-0.4, -0.2) is 15.1 Å². The molecular formula is C16H10Cl2N2O. The third kappa shape index (κ3) is 2.99. The Morgan fingerprint density at radius 3 is 2.29 bits per heavy atom. The molecule has 0 fully saturated rings. The highest BCUT2D eigenvalue weighted by Crippen LogP contribution is 2.29. The van der Waals surface area contributed by atoms with E-state index >= 15 is 0 Å². The van der Waals surface area contributed by atoms with Crippen LogP contribution in [-0.2, 0) is 0 Å². The highest BCUT2D eigenvalue weighted by Gasteiger charge is 2.09. The minimum absolute atomic E-state index is 0.0192. The number of phenolic OH excluding ortho intramolecular Hbond substituents is 1. The van der Waals surface area contributed by atoms with E-state index in [1.807, 2.05) is 30.3 Å². The number of aromatic nitrogens is 2. The summed E-state index contributed by atoms with van der Waals surface area (Å²) >= 11 is 12.0. The number of phenols is 1. The van der Waals surface area contributed by atoms with E-state index in [1.165, 1.54) is 6.07 Å². The second kappa shape index (κ2) is 5.72. The number of hydrogen-bond acceptors (Lipinski definition) is 3. The summed E-state index contributed by atoms with van der Waals surface area (Å²) in [6.45, 7) is 0. The van der Waals surface area contributed by atoms with Gasteiger partial charge in [0.1, 0.15) is 10.9 Å². The maximum Gasteiger partial charge on any atom is 0.161 e. The minimum Gasteiger partial charge on any atom is -0.506 e. The summed E-state index contributed by atoms with van der Waals surface area (Å²) in [5.74, 6) is 0.481. The van der Waals surface area contributed by atoms with Gasteiger partial charge in [-0.25, -0.2) is 9.97 Å². The molecule has 1 aromatic heterocycles. The second-order valence-corrected chi connectivity index (χ2v) is 5.23. The van der Waals surface area contributed by atoms with Crippen molar-refractivity contribution in [3.8, 4) is 28.4 Å². The van der Waals surface area contributed by atoms with E-state index in [-0.39, 0.29) is 10.8 Å². The Morgan fingerprint density at radius 1 is 0.810 bits per heavy atom. The molecule has 0 amide bonds. The number of rotatable bonds is 2. The second-order valence-electron chi connectivity index (χ2n) is 4.43. The summed E-state index contributed by atoms with van der Waals surface area (Å²) in [7, 11) is 0. The van der Waals surface area contributed by atoms with Crippen LogP contribution in [0.2, 0.25) is 10.2 Å². The van der Waals surface area contributed by atoms with Gasteiger partial charge in [-0.2, -0.15) is 0 Å². The quantitative estimate of drug-likeness (QED) is 0.689. The number of hydrogen-bond donors (Lipinski definition) is 1. The molecule has 2 aromatic carbocycles. The molecule has 21 heavy (non-hydrogen) atoms. The average Bonchev–Trinajstić information content (AvgIpc) is 2.50. The van der Waals surface area contributed by atoms with Gasteiger partial charge in [0.05, 0.1) is 10.7 Å². The fourth-order valence-corrected chi connectivity index (χ4v) is 2.31. The van der Waals surface area contributed by atoms with Crippen molar-refractivity contribution in [2.45, 2.75) is 0 Å². The molecule has 0 spiro atoms. The topological polar surface area (TPSA) is 46.0 Å². The van der Waals surface area contributed by atoms with Crippen LogP contribution < -0.4 is 0 Å². The fraction of sp³-hybridized carbons (Fsp3) is 0. The first kappa shape index (κ1) is 13.9. The molecule has 1 heterocycles. The predicted molar refractivity (Wildman–Crippen MR) is 84.6 cm³/mol. The maximum atomic E-state index is 9.48. The van der Waals surface area contributed by atoms with Crippen molar-refractivity contribution >= 4 is 23.2 Å². The highest BCUT2D eigenvalue weighted by molar-refractivity contribution is 6.32. The molecule has 3 aromatic rings. The Balaban J connectivity index is 2.11. The van der Waals surface area contributed by atoms with Gasteiger partial charge < -0.3 is 5.11 Å². The molecule has 0 saturated heterocycles. The first-order chi connectivity index (χ1) is 10.1. The first-order valence-electron chi connectivity index (χ1n) is 6.22. The lowest BCUT2D eigenvalue weighted by atomic mass is 10.1. The zero-order valence-electron chi connectivity index (χ0n) is 10.8. The van der Waals surface area contributed by atoms with Crippen molar-refractivity contribution in [2.75, 3.05) is 0 Å². The third-order valence-electron chi connectivity index (χ3n) is 2.97. The van der Waals surface area contributed by atoms with Crippen LogP contribution in [0.25, 0.3) is 22.6 Å². The molecule has 0 aliphatic carbocycles. The van der Waals surface area contributed by atoms with E-state index < -0.39 is 0 Å². The van der Waals surface area contributed by atoms with Crippen LogP contribution in [0.4, 0.5) is 0 Å². The summed E-state index contributed by atoms with van der Waals surface area (Å²) in [4.78, 5) is 8.72. The largest absolute Gasteiger partial charge is 0.506 e. The van der Waals surface area contributed by atoms with E-state index in [4.69, 9.17) is 23.2 Å². The molecule has 0 bridgehead atoms. The molecular weight excluding hydrogens is 307 g/mol.